The number of methoxy groups -OCH3 is 1. The van der Waals surface area contributed by atoms with Gasteiger partial charge in [0, 0.05) is 23.2 Å². The molecule has 29 heavy (non-hydrogen) atoms. The first-order chi connectivity index (χ1) is 14.0. The molecule has 0 bridgehead atoms. The van der Waals surface area contributed by atoms with Gasteiger partial charge in [-0.2, -0.15) is 0 Å². The van der Waals surface area contributed by atoms with E-state index in [-0.39, 0.29) is 29.5 Å². The molecule has 0 saturated heterocycles. The van der Waals surface area contributed by atoms with Gasteiger partial charge in [0.25, 0.3) is 0 Å². The summed E-state index contributed by atoms with van der Waals surface area (Å²) in [5, 5.41) is 5.63. The first-order valence-electron chi connectivity index (χ1n) is 9.52. The molecule has 0 aliphatic heterocycles. The number of ether oxygens (including phenoxy) is 1. The maximum absolute atomic E-state index is 13.0. The van der Waals surface area contributed by atoms with E-state index in [0.717, 1.165) is 0 Å². The lowest BCUT2D eigenvalue weighted by Gasteiger charge is -2.27. The van der Waals surface area contributed by atoms with Gasteiger partial charge in [-0.3, -0.25) is 9.59 Å². The Kier molecular flexibility index (Phi) is 6.59. The number of rotatable bonds is 5. The monoisotopic (exact) mass is 398 g/mol. The number of anilines is 2. The van der Waals surface area contributed by atoms with Gasteiger partial charge in [-0.05, 0) is 68.1 Å². The molecule has 0 heterocycles. The molecule has 0 atom stereocenters. The van der Waals surface area contributed by atoms with Crippen LogP contribution in [-0.2, 0) is 14.3 Å². The summed E-state index contributed by atoms with van der Waals surface area (Å²) in [4.78, 5) is 36.6. The van der Waals surface area contributed by atoms with Crippen molar-refractivity contribution in [3.05, 3.63) is 59.9 Å². The van der Waals surface area contributed by atoms with Crippen molar-refractivity contribution in [2.24, 2.45) is 11.8 Å². The van der Waals surface area contributed by atoms with Crippen molar-refractivity contribution < 1.29 is 23.5 Å². The van der Waals surface area contributed by atoms with Crippen LogP contribution in [-0.4, -0.2) is 24.9 Å². The summed E-state index contributed by atoms with van der Waals surface area (Å²) in [5.74, 6) is -1.41. The highest BCUT2D eigenvalue weighted by atomic mass is 19.1. The molecule has 0 unspecified atom stereocenters. The minimum Gasteiger partial charge on any atom is -0.465 e. The number of benzene rings is 2. The van der Waals surface area contributed by atoms with Crippen molar-refractivity contribution in [1.29, 1.82) is 0 Å². The molecule has 0 radical (unpaired) electrons. The third-order valence-electron chi connectivity index (χ3n) is 5.13. The molecular weight excluding hydrogens is 375 g/mol. The van der Waals surface area contributed by atoms with Gasteiger partial charge < -0.3 is 15.4 Å². The predicted octanol–water partition coefficient (Wildman–Crippen LogP) is 4.00. The molecule has 2 N–H and O–H groups in total. The topological polar surface area (TPSA) is 84.5 Å². The van der Waals surface area contributed by atoms with E-state index >= 15 is 0 Å². The van der Waals surface area contributed by atoms with Gasteiger partial charge in [-0.15, -0.1) is 0 Å². The Balaban J connectivity index is 1.51. The van der Waals surface area contributed by atoms with Crippen LogP contribution >= 0.6 is 0 Å². The third kappa shape index (κ3) is 5.40. The molecule has 2 amide bonds. The highest BCUT2D eigenvalue weighted by molar-refractivity contribution is 5.96. The molecule has 6 nitrogen and oxygen atoms in total. The maximum Gasteiger partial charge on any atom is 0.337 e. The molecule has 1 saturated carbocycles. The van der Waals surface area contributed by atoms with Crippen molar-refractivity contribution in [3.63, 3.8) is 0 Å². The molecule has 0 spiro atoms. The van der Waals surface area contributed by atoms with E-state index < -0.39 is 5.97 Å². The average molecular weight is 398 g/mol. The third-order valence-corrected chi connectivity index (χ3v) is 5.13. The van der Waals surface area contributed by atoms with E-state index in [1.165, 1.54) is 31.4 Å². The fraction of sp³-hybridized carbons (Fsp3) is 0.318. The summed E-state index contributed by atoms with van der Waals surface area (Å²) < 4.78 is 17.6. The lowest BCUT2D eigenvalue weighted by atomic mass is 9.81. The molecule has 2 aromatic rings. The Labute approximate surface area is 168 Å². The Morgan fingerprint density at radius 1 is 0.862 bits per heavy atom. The molecule has 1 fully saturated rings. The molecule has 3 rings (SSSR count). The van der Waals surface area contributed by atoms with Crippen LogP contribution in [0.1, 0.15) is 36.0 Å². The van der Waals surface area contributed by atoms with Gasteiger partial charge in [0.1, 0.15) is 5.82 Å². The predicted molar refractivity (Wildman–Crippen MR) is 107 cm³/mol. The van der Waals surface area contributed by atoms with Crippen molar-refractivity contribution in [2.75, 3.05) is 17.7 Å². The standard InChI is InChI=1S/C22H23FN2O4/c1-29-22(28)16-3-2-4-19(13-16)25-21(27)15-7-5-14(6-8-15)20(26)24-18-11-9-17(23)10-12-18/h2-4,9-15H,5-8H2,1H3,(H,24,26)(H,25,27). The molecule has 0 aromatic heterocycles. The number of carbonyl (C=O) groups excluding carboxylic acids is 3. The van der Waals surface area contributed by atoms with E-state index in [2.05, 4.69) is 15.4 Å². The highest BCUT2D eigenvalue weighted by Crippen LogP contribution is 2.30. The second-order valence-electron chi connectivity index (χ2n) is 7.11. The fourth-order valence-electron chi connectivity index (χ4n) is 3.48. The zero-order valence-electron chi connectivity index (χ0n) is 16.1. The van der Waals surface area contributed by atoms with Gasteiger partial charge in [0.2, 0.25) is 11.8 Å². The average Bonchev–Trinajstić information content (AvgIpc) is 2.75. The number of nitrogens with one attached hydrogen (secondary N) is 2. The SMILES string of the molecule is COC(=O)c1cccc(NC(=O)C2CCC(C(=O)Nc3ccc(F)cc3)CC2)c1. The quantitative estimate of drug-likeness (QED) is 0.746. The zero-order valence-corrected chi connectivity index (χ0v) is 16.1. The largest absolute Gasteiger partial charge is 0.465 e. The molecule has 152 valence electrons. The molecule has 2 aromatic carbocycles. The lowest BCUT2D eigenvalue weighted by molar-refractivity contribution is -0.125. The number of amides is 2. The van der Waals surface area contributed by atoms with Gasteiger partial charge >= 0.3 is 5.97 Å². The van der Waals surface area contributed by atoms with E-state index in [0.29, 0.717) is 42.6 Å². The summed E-state index contributed by atoms with van der Waals surface area (Å²) in [6.45, 7) is 0. The van der Waals surface area contributed by atoms with E-state index in [1.54, 1.807) is 24.3 Å². The van der Waals surface area contributed by atoms with Gasteiger partial charge in [-0.25, -0.2) is 9.18 Å². The summed E-state index contributed by atoms with van der Waals surface area (Å²) in [6.07, 6.45) is 2.41. The zero-order chi connectivity index (χ0) is 20.8. The van der Waals surface area contributed by atoms with Crippen LogP contribution in [0.25, 0.3) is 0 Å². The summed E-state index contributed by atoms with van der Waals surface area (Å²) in [6, 6.07) is 12.2. The summed E-state index contributed by atoms with van der Waals surface area (Å²) in [7, 11) is 1.30. The van der Waals surface area contributed by atoms with Crippen LogP contribution in [0.4, 0.5) is 15.8 Å². The Morgan fingerprint density at radius 2 is 1.41 bits per heavy atom. The van der Waals surface area contributed by atoms with Crippen LogP contribution in [0, 0.1) is 17.7 Å². The minimum absolute atomic E-state index is 0.110. The van der Waals surface area contributed by atoms with Gasteiger partial charge in [0.15, 0.2) is 0 Å². The molecule has 1 aliphatic carbocycles. The molecule has 1 aliphatic rings. The Hall–Kier alpha value is -3.22. The van der Waals surface area contributed by atoms with Crippen molar-refractivity contribution in [2.45, 2.75) is 25.7 Å². The Morgan fingerprint density at radius 3 is 1.97 bits per heavy atom. The summed E-state index contributed by atoms with van der Waals surface area (Å²) >= 11 is 0. The number of hydrogen-bond acceptors (Lipinski definition) is 4. The number of halogens is 1. The van der Waals surface area contributed by atoms with Crippen molar-refractivity contribution in [1.82, 2.24) is 0 Å². The normalized spacial score (nSPS) is 18.6. The second-order valence-corrected chi connectivity index (χ2v) is 7.11. The van der Waals surface area contributed by atoms with Crippen LogP contribution in [0.15, 0.2) is 48.5 Å². The maximum atomic E-state index is 13.0. The van der Waals surface area contributed by atoms with E-state index in [4.69, 9.17) is 0 Å². The van der Waals surface area contributed by atoms with Crippen LogP contribution in [0.5, 0.6) is 0 Å². The van der Waals surface area contributed by atoms with Gasteiger partial charge in [0.05, 0.1) is 12.7 Å². The first kappa shape index (κ1) is 20.5. The van der Waals surface area contributed by atoms with E-state index in [1.807, 2.05) is 0 Å². The van der Waals surface area contributed by atoms with E-state index in [9.17, 15) is 18.8 Å². The van der Waals surface area contributed by atoms with Crippen molar-refractivity contribution in [3.8, 4) is 0 Å². The van der Waals surface area contributed by atoms with Gasteiger partial charge in [-0.1, -0.05) is 6.07 Å². The first-order valence-corrected chi connectivity index (χ1v) is 9.52. The Bertz CT molecular complexity index is 890. The summed E-state index contributed by atoms with van der Waals surface area (Å²) in [5.41, 5.74) is 1.46. The van der Waals surface area contributed by atoms with Crippen LogP contribution in [0.3, 0.4) is 0 Å². The highest BCUT2D eigenvalue weighted by Gasteiger charge is 2.30. The second kappa shape index (κ2) is 9.32. The number of carbonyl (C=O) groups is 3. The smallest absolute Gasteiger partial charge is 0.337 e. The van der Waals surface area contributed by atoms with Crippen LogP contribution < -0.4 is 10.6 Å². The van der Waals surface area contributed by atoms with Crippen LogP contribution in [0.2, 0.25) is 0 Å². The number of hydrogen-bond donors (Lipinski definition) is 2. The minimum atomic E-state index is -0.464. The van der Waals surface area contributed by atoms with Crippen molar-refractivity contribution >= 4 is 29.2 Å². The fourth-order valence-corrected chi connectivity index (χ4v) is 3.48. The molecule has 7 heteroatoms. The lowest BCUT2D eigenvalue weighted by Crippen LogP contribution is -2.32. The number of esters is 1. The molecular formula is C22H23FN2O4.